The zero-order chi connectivity index (χ0) is 17.2. The molecule has 0 fully saturated rings. The summed E-state index contributed by atoms with van der Waals surface area (Å²) in [5.74, 6) is 2.13. The van der Waals surface area contributed by atoms with Crippen molar-refractivity contribution in [2.75, 3.05) is 29.6 Å². The molecule has 2 heterocycles. The molecule has 1 aliphatic heterocycles. The first-order valence-corrected chi connectivity index (χ1v) is 8.13. The number of anilines is 5. The minimum absolute atomic E-state index is 0.537. The first-order chi connectivity index (χ1) is 12.3. The van der Waals surface area contributed by atoms with Crippen molar-refractivity contribution in [2.45, 2.75) is 6.42 Å². The van der Waals surface area contributed by atoms with E-state index in [4.69, 9.17) is 10.5 Å². The SMILES string of the molecule is COc1ccc(Nc2ncnc(N3CCc4ccccc43)c2N)cc1. The van der Waals surface area contributed by atoms with E-state index in [1.807, 2.05) is 30.3 Å². The van der Waals surface area contributed by atoms with Gasteiger partial charge in [-0.2, -0.15) is 0 Å². The predicted octanol–water partition coefficient (Wildman–Crippen LogP) is 3.51. The molecule has 1 aromatic heterocycles. The van der Waals surface area contributed by atoms with E-state index in [2.05, 4.69) is 38.4 Å². The van der Waals surface area contributed by atoms with Crippen LogP contribution in [0.4, 0.5) is 28.7 Å². The normalized spacial score (nSPS) is 12.8. The van der Waals surface area contributed by atoms with Crippen LogP contribution in [0.25, 0.3) is 0 Å². The van der Waals surface area contributed by atoms with E-state index >= 15 is 0 Å². The maximum absolute atomic E-state index is 6.37. The number of hydrogen-bond donors (Lipinski definition) is 2. The topological polar surface area (TPSA) is 76.3 Å². The molecule has 3 N–H and O–H groups in total. The van der Waals surface area contributed by atoms with Crippen LogP contribution >= 0.6 is 0 Å². The maximum Gasteiger partial charge on any atom is 0.161 e. The van der Waals surface area contributed by atoms with E-state index < -0.39 is 0 Å². The number of benzene rings is 2. The van der Waals surface area contributed by atoms with Crippen LogP contribution in [0.3, 0.4) is 0 Å². The van der Waals surface area contributed by atoms with Crippen LogP contribution in [0.15, 0.2) is 54.9 Å². The number of para-hydroxylation sites is 1. The lowest BCUT2D eigenvalue weighted by atomic mass is 10.2. The van der Waals surface area contributed by atoms with Crippen molar-refractivity contribution in [3.05, 3.63) is 60.4 Å². The van der Waals surface area contributed by atoms with Gasteiger partial charge in [0.05, 0.1) is 7.11 Å². The van der Waals surface area contributed by atoms with Crippen molar-refractivity contribution >= 4 is 28.7 Å². The summed E-state index contributed by atoms with van der Waals surface area (Å²) in [6.07, 6.45) is 2.53. The number of aromatic nitrogens is 2. The lowest BCUT2D eigenvalue weighted by Gasteiger charge is -2.21. The van der Waals surface area contributed by atoms with Gasteiger partial charge in [0.1, 0.15) is 17.8 Å². The lowest BCUT2D eigenvalue weighted by molar-refractivity contribution is 0.415. The zero-order valence-corrected chi connectivity index (χ0v) is 13.9. The Balaban J connectivity index is 1.64. The highest BCUT2D eigenvalue weighted by Gasteiger charge is 2.23. The Morgan fingerprint density at radius 3 is 2.68 bits per heavy atom. The Kier molecular flexibility index (Phi) is 3.85. The molecule has 6 heteroatoms. The number of hydrogen-bond acceptors (Lipinski definition) is 6. The monoisotopic (exact) mass is 333 g/mol. The molecular formula is C19H19N5O. The summed E-state index contributed by atoms with van der Waals surface area (Å²) >= 11 is 0. The zero-order valence-electron chi connectivity index (χ0n) is 13.9. The van der Waals surface area contributed by atoms with Gasteiger partial charge in [-0.15, -0.1) is 0 Å². The van der Waals surface area contributed by atoms with Crippen LogP contribution < -0.4 is 20.7 Å². The third-order valence-corrected chi connectivity index (χ3v) is 4.36. The molecule has 0 unspecified atom stereocenters. The second kappa shape index (κ2) is 6.32. The van der Waals surface area contributed by atoms with E-state index in [0.717, 1.165) is 35.9 Å². The maximum atomic E-state index is 6.37. The number of nitrogens with two attached hydrogens (primary N) is 1. The molecule has 0 radical (unpaired) electrons. The largest absolute Gasteiger partial charge is 0.497 e. The van der Waals surface area contributed by atoms with Crippen LogP contribution in [0, 0.1) is 0 Å². The number of methoxy groups -OCH3 is 1. The summed E-state index contributed by atoms with van der Waals surface area (Å²) in [6, 6.07) is 15.9. The molecule has 6 nitrogen and oxygen atoms in total. The molecule has 0 atom stereocenters. The molecule has 25 heavy (non-hydrogen) atoms. The second-order valence-corrected chi connectivity index (χ2v) is 5.84. The molecular weight excluding hydrogens is 314 g/mol. The lowest BCUT2D eigenvalue weighted by Crippen LogP contribution is -2.17. The van der Waals surface area contributed by atoms with Crippen molar-refractivity contribution in [3.63, 3.8) is 0 Å². The van der Waals surface area contributed by atoms with Gasteiger partial charge in [0, 0.05) is 17.9 Å². The van der Waals surface area contributed by atoms with Gasteiger partial charge >= 0.3 is 0 Å². The second-order valence-electron chi connectivity index (χ2n) is 5.84. The van der Waals surface area contributed by atoms with Crippen LogP contribution in [-0.2, 0) is 6.42 Å². The standard InChI is InChI=1S/C19H19N5O/c1-25-15-8-6-14(7-9-15)23-18-17(20)19(22-12-21-18)24-11-10-13-4-2-3-5-16(13)24/h2-9,12H,10-11,20H2,1H3,(H,21,22,23). The van der Waals surface area contributed by atoms with Gasteiger partial charge in [0.15, 0.2) is 11.6 Å². The van der Waals surface area contributed by atoms with E-state index in [0.29, 0.717) is 11.5 Å². The fourth-order valence-corrected chi connectivity index (χ4v) is 3.07. The summed E-state index contributed by atoms with van der Waals surface area (Å²) in [6.45, 7) is 0.864. The highest BCUT2D eigenvalue weighted by Crippen LogP contribution is 2.38. The van der Waals surface area contributed by atoms with Gasteiger partial charge in [-0.25, -0.2) is 9.97 Å². The van der Waals surface area contributed by atoms with Crippen molar-refractivity contribution in [3.8, 4) is 5.75 Å². The Labute approximate surface area is 146 Å². The van der Waals surface area contributed by atoms with E-state index in [-0.39, 0.29) is 0 Å². The molecule has 126 valence electrons. The summed E-state index contributed by atoms with van der Waals surface area (Å²) in [7, 11) is 1.64. The van der Waals surface area contributed by atoms with Crippen LogP contribution in [0.2, 0.25) is 0 Å². The number of nitrogens with one attached hydrogen (secondary N) is 1. The van der Waals surface area contributed by atoms with Gasteiger partial charge in [0.2, 0.25) is 0 Å². The quantitative estimate of drug-likeness (QED) is 0.761. The smallest absolute Gasteiger partial charge is 0.161 e. The number of nitrogen functional groups attached to an aromatic ring is 1. The predicted molar refractivity (Wildman–Crippen MR) is 99.9 cm³/mol. The van der Waals surface area contributed by atoms with Gasteiger partial charge < -0.3 is 20.7 Å². The molecule has 0 saturated carbocycles. The Hall–Kier alpha value is -3.28. The van der Waals surface area contributed by atoms with Crippen LogP contribution in [0.5, 0.6) is 5.75 Å². The Morgan fingerprint density at radius 2 is 1.88 bits per heavy atom. The van der Waals surface area contributed by atoms with Crippen molar-refractivity contribution < 1.29 is 4.74 Å². The van der Waals surface area contributed by atoms with Gasteiger partial charge in [-0.1, -0.05) is 18.2 Å². The first kappa shape index (κ1) is 15.3. The van der Waals surface area contributed by atoms with Crippen molar-refractivity contribution in [1.82, 2.24) is 9.97 Å². The third kappa shape index (κ3) is 2.82. The summed E-state index contributed by atoms with van der Waals surface area (Å²) in [4.78, 5) is 10.9. The highest BCUT2D eigenvalue weighted by molar-refractivity contribution is 5.83. The molecule has 0 aliphatic carbocycles. The number of rotatable bonds is 4. The fraction of sp³-hybridized carbons (Fsp3) is 0.158. The Bertz CT molecular complexity index is 895. The average Bonchev–Trinajstić information content (AvgIpc) is 3.08. The van der Waals surface area contributed by atoms with Gasteiger partial charge in [-0.3, -0.25) is 0 Å². The molecule has 2 aromatic carbocycles. The van der Waals surface area contributed by atoms with E-state index in [1.54, 1.807) is 13.4 Å². The molecule has 3 aromatic rings. The van der Waals surface area contributed by atoms with Crippen molar-refractivity contribution in [1.29, 1.82) is 0 Å². The minimum Gasteiger partial charge on any atom is -0.497 e. The highest BCUT2D eigenvalue weighted by atomic mass is 16.5. The Morgan fingerprint density at radius 1 is 1.08 bits per heavy atom. The molecule has 1 aliphatic rings. The first-order valence-electron chi connectivity index (χ1n) is 8.13. The molecule has 0 spiro atoms. The number of ether oxygens (including phenoxy) is 1. The molecule has 0 amide bonds. The van der Waals surface area contributed by atoms with Gasteiger partial charge in [0.25, 0.3) is 0 Å². The fourth-order valence-electron chi connectivity index (χ4n) is 3.07. The summed E-state index contributed by atoms with van der Waals surface area (Å²) in [5.41, 5.74) is 10.3. The third-order valence-electron chi connectivity index (χ3n) is 4.36. The summed E-state index contributed by atoms with van der Waals surface area (Å²) < 4.78 is 5.18. The minimum atomic E-state index is 0.537. The van der Waals surface area contributed by atoms with E-state index in [9.17, 15) is 0 Å². The van der Waals surface area contributed by atoms with E-state index in [1.165, 1.54) is 5.56 Å². The molecule has 4 rings (SSSR count). The number of nitrogens with zero attached hydrogens (tertiary/aromatic N) is 3. The van der Waals surface area contributed by atoms with Crippen molar-refractivity contribution in [2.24, 2.45) is 0 Å². The average molecular weight is 333 g/mol. The van der Waals surface area contributed by atoms with Crippen LogP contribution in [0.1, 0.15) is 5.56 Å². The van der Waals surface area contributed by atoms with Crippen LogP contribution in [-0.4, -0.2) is 23.6 Å². The molecule has 0 saturated heterocycles. The number of fused-ring (bicyclic) bond motifs is 1. The summed E-state index contributed by atoms with van der Waals surface area (Å²) in [5, 5.41) is 3.25. The molecule has 0 bridgehead atoms. The van der Waals surface area contributed by atoms with Gasteiger partial charge in [-0.05, 0) is 42.3 Å².